The molecule has 43 heavy (non-hydrogen) atoms. The molecule has 4 aromatic rings. The lowest BCUT2D eigenvalue weighted by atomic mass is 10.1. The van der Waals surface area contributed by atoms with Gasteiger partial charge in [0, 0.05) is 48.7 Å². The van der Waals surface area contributed by atoms with E-state index in [0.29, 0.717) is 52.9 Å². The van der Waals surface area contributed by atoms with Crippen molar-refractivity contribution in [2.45, 2.75) is 44.5 Å². The molecule has 0 spiro atoms. The third-order valence-electron chi connectivity index (χ3n) is 8.16. The summed E-state index contributed by atoms with van der Waals surface area (Å²) in [6.07, 6.45) is 8.53. The van der Waals surface area contributed by atoms with E-state index < -0.39 is 0 Å². The molecule has 2 fully saturated rings. The molecule has 1 N–H and O–H groups in total. The second-order valence-corrected chi connectivity index (χ2v) is 11.0. The molecule has 0 radical (unpaired) electrons. The van der Waals surface area contributed by atoms with Gasteiger partial charge < -0.3 is 19.7 Å². The van der Waals surface area contributed by atoms with Crippen molar-refractivity contribution in [2.75, 3.05) is 32.6 Å². The summed E-state index contributed by atoms with van der Waals surface area (Å²) in [7, 11) is 3.73. The van der Waals surface area contributed by atoms with Gasteiger partial charge in [-0.05, 0) is 62.7 Å². The zero-order valence-corrected chi connectivity index (χ0v) is 24.3. The Balaban J connectivity index is 1.14. The third kappa shape index (κ3) is 5.98. The van der Waals surface area contributed by atoms with Gasteiger partial charge in [-0.15, -0.1) is 0 Å². The largest absolute Gasteiger partial charge is 0.495 e. The summed E-state index contributed by atoms with van der Waals surface area (Å²) in [5, 5.41) is 16.9. The zero-order chi connectivity index (χ0) is 29.9. The topological polar surface area (TPSA) is 134 Å². The number of carbonyl (C=O) groups excluding carboxylic acids is 1. The average molecular weight is 580 g/mol. The molecule has 2 bridgehead atoms. The predicted molar refractivity (Wildman–Crippen MR) is 159 cm³/mol. The normalized spacial score (nSPS) is 18.6. The summed E-state index contributed by atoms with van der Waals surface area (Å²) in [6.45, 7) is 3.91. The van der Waals surface area contributed by atoms with Crippen LogP contribution in [-0.2, 0) is 6.54 Å². The summed E-state index contributed by atoms with van der Waals surface area (Å²) in [6, 6.07) is 13.8. The Bertz CT molecular complexity index is 1620. The SMILES string of the molecule is COc1cc(C(=O)N2CC3CCC(C2)N3C)ccc1Nc1ncc(-c2ccc(C#N)c(O[C@@H](C)Cn3cncn3)c2)cn1. The predicted octanol–water partition coefficient (Wildman–Crippen LogP) is 3.75. The molecule has 2 unspecified atom stereocenters. The number of amides is 1. The first-order chi connectivity index (χ1) is 20.9. The van der Waals surface area contributed by atoms with Crippen LogP contribution in [0.2, 0.25) is 0 Å². The summed E-state index contributed by atoms with van der Waals surface area (Å²) >= 11 is 0. The highest BCUT2D eigenvalue weighted by Gasteiger charge is 2.39. The lowest BCUT2D eigenvalue weighted by Crippen LogP contribution is -2.53. The lowest BCUT2D eigenvalue weighted by Gasteiger charge is -2.39. The smallest absolute Gasteiger partial charge is 0.254 e. The molecule has 3 atom stereocenters. The Kier molecular flexibility index (Phi) is 7.89. The second kappa shape index (κ2) is 12.1. The number of benzene rings is 2. The number of hydrogen-bond donors (Lipinski definition) is 1. The molecule has 12 nitrogen and oxygen atoms in total. The highest BCUT2D eigenvalue weighted by molar-refractivity contribution is 5.95. The molecule has 2 aromatic carbocycles. The Morgan fingerprint density at radius 3 is 2.53 bits per heavy atom. The van der Waals surface area contributed by atoms with Crippen molar-refractivity contribution < 1.29 is 14.3 Å². The monoisotopic (exact) mass is 579 g/mol. The lowest BCUT2D eigenvalue weighted by molar-refractivity contribution is 0.0523. The molecule has 1 amide bonds. The quantitative estimate of drug-likeness (QED) is 0.312. The molecule has 12 heteroatoms. The van der Waals surface area contributed by atoms with Gasteiger partial charge in [-0.3, -0.25) is 9.69 Å². The van der Waals surface area contributed by atoms with Crippen LogP contribution in [0, 0.1) is 11.3 Å². The van der Waals surface area contributed by atoms with Gasteiger partial charge in [-0.25, -0.2) is 19.6 Å². The summed E-state index contributed by atoms with van der Waals surface area (Å²) in [5.41, 5.74) is 3.25. The molecule has 220 valence electrons. The number of anilines is 2. The fourth-order valence-electron chi connectivity index (χ4n) is 5.79. The number of hydrogen-bond acceptors (Lipinski definition) is 10. The highest BCUT2D eigenvalue weighted by Crippen LogP contribution is 2.32. The van der Waals surface area contributed by atoms with Crippen molar-refractivity contribution in [1.82, 2.24) is 34.5 Å². The molecule has 2 aliphatic rings. The number of likely N-dealkylation sites (N-methyl/N-ethyl adjacent to an activating group) is 1. The number of nitrogens with one attached hydrogen (secondary N) is 1. The van der Waals surface area contributed by atoms with E-state index in [1.165, 1.54) is 6.33 Å². The maximum absolute atomic E-state index is 13.3. The molecule has 2 saturated heterocycles. The average Bonchev–Trinajstić information content (AvgIpc) is 3.59. The number of methoxy groups -OCH3 is 1. The van der Waals surface area contributed by atoms with Crippen molar-refractivity contribution in [3.05, 3.63) is 72.6 Å². The number of aromatic nitrogens is 5. The van der Waals surface area contributed by atoms with E-state index in [4.69, 9.17) is 9.47 Å². The molecule has 2 aromatic heterocycles. The van der Waals surface area contributed by atoms with Gasteiger partial charge in [-0.2, -0.15) is 10.4 Å². The van der Waals surface area contributed by atoms with Gasteiger partial charge in [0.1, 0.15) is 36.3 Å². The number of ether oxygens (including phenoxy) is 2. The van der Waals surface area contributed by atoms with E-state index in [1.807, 2.05) is 36.1 Å². The Morgan fingerprint density at radius 2 is 1.86 bits per heavy atom. The standard InChI is InChI=1S/C31H33N9O3/c1-20(15-40-19-33-18-36-40)43-28-10-21(4-5-23(28)12-32)24-13-34-31(35-14-24)37-27-9-6-22(11-29(27)42-3)30(41)39-16-25-7-8-26(17-39)38(25)2/h4-6,9-11,13-14,18-20,25-26H,7-8,15-17H2,1-3H3,(H,34,35,37)/t20-,25?,26?/m0/s1. The third-order valence-corrected chi connectivity index (χ3v) is 8.16. The van der Waals surface area contributed by atoms with Crippen LogP contribution in [0.25, 0.3) is 11.1 Å². The van der Waals surface area contributed by atoms with Gasteiger partial charge in [0.05, 0.1) is 24.9 Å². The maximum atomic E-state index is 13.3. The number of rotatable bonds is 9. The number of likely N-dealkylation sites (tertiary alicyclic amines) is 1. The zero-order valence-electron chi connectivity index (χ0n) is 24.3. The van der Waals surface area contributed by atoms with Crippen molar-refractivity contribution in [2.24, 2.45) is 0 Å². The molecule has 0 saturated carbocycles. The second-order valence-electron chi connectivity index (χ2n) is 11.0. The van der Waals surface area contributed by atoms with E-state index in [2.05, 4.69) is 43.4 Å². The summed E-state index contributed by atoms with van der Waals surface area (Å²) < 4.78 is 13.4. The number of carbonyl (C=O) groups is 1. The number of piperazine rings is 1. The number of nitrogens with zero attached hydrogens (tertiary/aromatic N) is 8. The maximum Gasteiger partial charge on any atom is 0.254 e. The first-order valence-corrected chi connectivity index (χ1v) is 14.2. The van der Waals surface area contributed by atoms with Gasteiger partial charge in [0.2, 0.25) is 5.95 Å². The van der Waals surface area contributed by atoms with Gasteiger partial charge >= 0.3 is 0 Å². The van der Waals surface area contributed by atoms with Crippen molar-refractivity contribution >= 4 is 17.5 Å². The highest BCUT2D eigenvalue weighted by atomic mass is 16.5. The van der Waals surface area contributed by atoms with E-state index >= 15 is 0 Å². The van der Waals surface area contributed by atoms with Gasteiger partial charge in [0.15, 0.2) is 0 Å². The number of nitriles is 1. The molecular weight excluding hydrogens is 546 g/mol. The van der Waals surface area contributed by atoms with Crippen molar-refractivity contribution in [3.63, 3.8) is 0 Å². The van der Waals surface area contributed by atoms with E-state index in [-0.39, 0.29) is 12.0 Å². The summed E-state index contributed by atoms with van der Waals surface area (Å²) in [4.78, 5) is 30.6. The van der Waals surface area contributed by atoms with E-state index in [0.717, 1.165) is 37.1 Å². The molecule has 4 heterocycles. The summed E-state index contributed by atoms with van der Waals surface area (Å²) in [5.74, 6) is 1.40. The minimum absolute atomic E-state index is 0.0222. The van der Waals surface area contributed by atoms with Gasteiger partial charge in [0.25, 0.3) is 5.91 Å². The van der Waals surface area contributed by atoms with Crippen LogP contribution >= 0.6 is 0 Å². The molecular formula is C31H33N9O3. The van der Waals surface area contributed by atoms with Crippen molar-refractivity contribution in [1.29, 1.82) is 5.26 Å². The molecule has 6 rings (SSSR count). The minimum Gasteiger partial charge on any atom is -0.495 e. The Morgan fingerprint density at radius 1 is 1.09 bits per heavy atom. The fourth-order valence-corrected chi connectivity index (χ4v) is 5.79. The minimum atomic E-state index is -0.236. The Hall–Kier alpha value is -5.02. The van der Waals surface area contributed by atoms with Crippen LogP contribution in [0.5, 0.6) is 11.5 Å². The van der Waals surface area contributed by atoms with Crippen molar-refractivity contribution in [3.8, 4) is 28.7 Å². The van der Waals surface area contributed by atoms with E-state index in [9.17, 15) is 10.1 Å². The number of fused-ring (bicyclic) bond motifs is 2. The Labute approximate surface area is 249 Å². The molecule has 0 aliphatic carbocycles. The first-order valence-electron chi connectivity index (χ1n) is 14.2. The van der Waals surface area contributed by atoms with Gasteiger partial charge in [-0.1, -0.05) is 6.07 Å². The van der Waals surface area contributed by atoms with Crippen LogP contribution in [0.15, 0.2) is 61.4 Å². The van der Waals surface area contributed by atoms with Crippen LogP contribution in [0.1, 0.15) is 35.7 Å². The van der Waals surface area contributed by atoms with E-state index in [1.54, 1.807) is 42.6 Å². The van der Waals surface area contributed by atoms with Crippen LogP contribution < -0.4 is 14.8 Å². The first kappa shape index (κ1) is 28.1. The van der Waals surface area contributed by atoms with Crippen LogP contribution in [0.3, 0.4) is 0 Å². The van der Waals surface area contributed by atoms with Crippen LogP contribution in [0.4, 0.5) is 11.6 Å². The fraction of sp³-hybridized carbons (Fsp3) is 0.355. The molecule has 2 aliphatic heterocycles. The van der Waals surface area contributed by atoms with Crippen LogP contribution in [-0.4, -0.2) is 85.9 Å².